The van der Waals surface area contributed by atoms with Crippen LogP contribution >= 0.6 is 11.6 Å². The summed E-state index contributed by atoms with van der Waals surface area (Å²) in [4.78, 5) is 0. The maximum absolute atomic E-state index is 5.94. The van der Waals surface area contributed by atoms with Crippen molar-refractivity contribution in [2.24, 2.45) is 0 Å². The van der Waals surface area contributed by atoms with Gasteiger partial charge >= 0.3 is 0 Å². The van der Waals surface area contributed by atoms with Crippen LogP contribution in [0.25, 0.3) is 11.5 Å². The summed E-state index contributed by atoms with van der Waals surface area (Å²) < 4.78 is 5.62. The fraction of sp³-hybridized carbons (Fsp3) is 0.429. The molecule has 19 heavy (non-hydrogen) atoms. The van der Waals surface area contributed by atoms with Crippen LogP contribution in [0.2, 0.25) is 5.02 Å². The molecule has 1 aromatic carbocycles. The van der Waals surface area contributed by atoms with Crippen LogP contribution in [0.4, 0.5) is 0 Å². The summed E-state index contributed by atoms with van der Waals surface area (Å²) in [5.41, 5.74) is 0.936. The first-order chi connectivity index (χ1) is 8.94. The van der Waals surface area contributed by atoms with Crippen LogP contribution in [0.15, 0.2) is 28.7 Å². The van der Waals surface area contributed by atoms with Crippen LogP contribution in [0.5, 0.6) is 0 Å². The summed E-state index contributed by atoms with van der Waals surface area (Å²) in [6, 6.07) is 7.39. The topological polar surface area (TPSA) is 51.0 Å². The maximum atomic E-state index is 5.94. The second-order valence-electron chi connectivity index (χ2n) is 5.44. The number of rotatable bonds is 4. The second-order valence-corrected chi connectivity index (χ2v) is 5.87. The summed E-state index contributed by atoms with van der Waals surface area (Å²) in [5, 5.41) is 12.1. The van der Waals surface area contributed by atoms with Crippen LogP contribution in [-0.4, -0.2) is 22.3 Å². The molecule has 0 aliphatic carbocycles. The first-order valence-corrected chi connectivity index (χ1v) is 6.65. The van der Waals surface area contributed by atoms with Crippen LogP contribution in [0.3, 0.4) is 0 Å². The third-order valence-electron chi connectivity index (χ3n) is 2.53. The number of nitrogens with one attached hydrogen (secondary N) is 1. The molecule has 0 saturated carbocycles. The number of halogens is 1. The quantitative estimate of drug-likeness (QED) is 0.933. The summed E-state index contributed by atoms with van der Waals surface area (Å²) in [6.45, 7) is 7.18. The van der Waals surface area contributed by atoms with Gasteiger partial charge in [0.1, 0.15) is 0 Å². The highest BCUT2D eigenvalue weighted by Gasteiger charge is 2.11. The van der Waals surface area contributed by atoms with Gasteiger partial charge in [-0.3, -0.25) is 0 Å². The van der Waals surface area contributed by atoms with Gasteiger partial charge in [0.2, 0.25) is 11.8 Å². The summed E-state index contributed by atoms with van der Waals surface area (Å²) in [5.74, 6) is 1.14. The molecule has 102 valence electrons. The highest BCUT2D eigenvalue weighted by Crippen LogP contribution is 2.21. The highest BCUT2D eigenvalue weighted by molar-refractivity contribution is 6.30. The third-order valence-corrected chi connectivity index (χ3v) is 2.77. The molecule has 0 unspecified atom stereocenters. The Labute approximate surface area is 118 Å². The second kappa shape index (κ2) is 5.72. The average molecular weight is 280 g/mol. The lowest BCUT2D eigenvalue weighted by atomic mass is 10.1. The smallest absolute Gasteiger partial charge is 0.247 e. The zero-order valence-electron chi connectivity index (χ0n) is 11.4. The van der Waals surface area contributed by atoms with Gasteiger partial charge in [-0.15, -0.1) is 10.2 Å². The molecule has 1 aromatic heterocycles. The highest BCUT2D eigenvalue weighted by atomic mass is 35.5. The fourth-order valence-electron chi connectivity index (χ4n) is 1.64. The van der Waals surface area contributed by atoms with Crippen molar-refractivity contribution in [3.05, 3.63) is 35.2 Å². The zero-order chi connectivity index (χ0) is 13.9. The van der Waals surface area contributed by atoms with Crippen LogP contribution in [0.1, 0.15) is 26.7 Å². The SMILES string of the molecule is CC(C)(C)NCCc1nnc(-c2cccc(Cl)c2)o1. The largest absolute Gasteiger partial charge is 0.421 e. The van der Waals surface area contributed by atoms with E-state index >= 15 is 0 Å². The molecule has 1 N–H and O–H groups in total. The van der Waals surface area contributed by atoms with Crippen molar-refractivity contribution in [2.45, 2.75) is 32.7 Å². The Balaban J connectivity index is 1.99. The number of hydrogen-bond donors (Lipinski definition) is 1. The van der Waals surface area contributed by atoms with Gasteiger partial charge in [0, 0.05) is 29.1 Å². The molecule has 0 fully saturated rings. The Hall–Kier alpha value is -1.39. The van der Waals surface area contributed by atoms with Gasteiger partial charge in [-0.2, -0.15) is 0 Å². The summed E-state index contributed by atoms with van der Waals surface area (Å²) in [7, 11) is 0. The molecular formula is C14H18ClN3O. The van der Waals surface area contributed by atoms with Gasteiger partial charge in [-0.1, -0.05) is 17.7 Å². The molecule has 0 radical (unpaired) electrons. The number of hydrogen-bond acceptors (Lipinski definition) is 4. The molecule has 1 heterocycles. The monoisotopic (exact) mass is 279 g/mol. The summed E-state index contributed by atoms with van der Waals surface area (Å²) in [6.07, 6.45) is 0.713. The molecule has 0 bridgehead atoms. The van der Waals surface area contributed by atoms with Crippen LogP contribution in [-0.2, 0) is 6.42 Å². The van der Waals surface area contributed by atoms with E-state index < -0.39 is 0 Å². The molecule has 0 spiro atoms. The number of benzene rings is 1. The van der Waals surface area contributed by atoms with Crippen molar-refractivity contribution < 1.29 is 4.42 Å². The lowest BCUT2D eigenvalue weighted by Gasteiger charge is -2.19. The lowest BCUT2D eigenvalue weighted by Crippen LogP contribution is -2.37. The standard InChI is InChI=1S/C14H18ClN3O/c1-14(2,3)16-8-7-12-17-18-13(19-12)10-5-4-6-11(15)9-10/h4-6,9,16H,7-8H2,1-3H3. The molecule has 2 rings (SSSR count). The minimum absolute atomic E-state index is 0.0931. The molecule has 4 nitrogen and oxygen atoms in total. The Morgan fingerprint density at radius 2 is 2.05 bits per heavy atom. The molecular weight excluding hydrogens is 262 g/mol. The van der Waals surface area contributed by atoms with Crippen molar-refractivity contribution in [2.75, 3.05) is 6.54 Å². The van der Waals surface area contributed by atoms with E-state index in [0.29, 0.717) is 23.2 Å². The van der Waals surface area contributed by atoms with Gasteiger partial charge < -0.3 is 9.73 Å². The lowest BCUT2D eigenvalue weighted by molar-refractivity contribution is 0.412. The van der Waals surface area contributed by atoms with E-state index in [2.05, 4.69) is 36.3 Å². The first kappa shape index (κ1) is 14.0. The number of nitrogens with zero attached hydrogens (tertiary/aromatic N) is 2. The Kier molecular flexibility index (Phi) is 4.22. The molecule has 2 aromatic rings. The van der Waals surface area contributed by atoms with Crippen LogP contribution < -0.4 is 5.32 Å². The molecule has 0 aliphatic heterocycles. The minimum Gasteiger partial charge on any atom is -0.421 e. The normalized spacial score (nSPS) is 11.8. The van der Waals surface area contributed by atoms with E-state index in [1.807, 2.05) is 24.3 Å². The molecule has 0 amide bonds. The third kappa shape index (κ3) is 4.33. The van der Waals surface area contributed by atoms with Crippen LogP contribution in [0, 0.1) is 0 Å². The van der Waals surface area contributed by atoms with Gasteiger partial charge in [0.15, 0.2) is 0 Å². The minimum atomic E-state index is 0.0931. The summed E-state index contributed by atoms with van der Waals surface area (Å²) >= 11 is 5.94. The van der Waals surface area contributed by atoms with E-state index in [-0.39, 0.29) is 5.54 Å². The van der Waals surface area contributed by atoms with Crippen molar-refractivity contribution >= 4 is 11.6 Å². The van der Waals surface area contributed by atoms with Gasteiger partial charge in [-0.25, -0.2) is 0 Å². The molecule has 0 atom stereocenters. The van der Waals surface area contributed by atoms with Gasteiger partial charge in [0.05, 0.1) is 0 Å². The van der Waals surface area contributed by atoms with E-state index in [4.69, 9.17) is 16.0 Å². The maximum Gasteiger partial charge on any atom is 0.247 e. The van der Waals surface area contributed by atoms with Gasteiger partial charge in [0.25, 0.3) is 0 Å². The van der Waals surface area contributed by atoms with E-state index in [1.54, 1.807) is 0 Å². The molecule has 5 heteroatoms. The van der Waals surface area contributed by atoms with E-state index in [0.717, 1.165) is 12.1 Å². The predicted molar refractivity (Wildman–Crippen MR) is 76.2 cm³/mol. The van der Waals surface area contributed by atoms with Crippen molar-refractivity contribution in [1.29, 1.82) is 0 Å². The zero-order valence-corrected chi connectivity index (χ0v) is 12.2. The molecule has 0 aliphatic rings. The Bertz CT molecular complexity index is 546. The Morgan fingerprint density at radius 3 is 2.74 bits per heavy atom. The number of aromatic nitrogens is 2. The molecule has 0 saturated heterocycles. The van der Waals surface area contributed by atoms with E-state index in [1.165, 1.54) is 0 Å². The first-order valence-electron chi connectivity index (χ1n) is 6.27. The predicted octanol–water partition coefficient (Wildman–Crippen LogP) is 3.32. The van der Waals surface area contributed by atoms with Gasteiger partial charge in [-0.05, 0) is 39.0 Å². The average Bonchev–Trinajstić information content (AvgIpc) is 2.76. The fourth-order valence-corrected chi connectivity index (χ4v) is 1.83. The van der Waals surface area contributed by atoms with E-state index in [9.17, 15) is 0 Å². The van der Waals surface area contributed by atoms with Crippen molar-refractivity contribution in [1.82, 2.24) is 15.5 Å². The van der Waals surface area contributed by atoms with Crippen molar-refractivity contribution in [3.63, 3.8) is 0 Å². The van der Waals surface area contributed by atoms with Crippen molar-refractivity contribution in [3.8, 4) is 11.5 Å². The Morgan fingerprint density at radius 1 is 1.26 bits per heavy atom.